The van der Waals surface area contributed by atoms with Crippen LogP contribution in [0.4, 0.5) is 11.4 Å². The number of aromatic nitrogens is 1. The first kappa shape index (κ1) is 30.3. The summed E-state index contributed by atoms with van der Waals surface area (Å²) in [7, 11) is 0. The molecule has 0 saturated carbocycles. The van der Waals surface area contributed by atoms with E-state index in [4.69, 9.17) is 9.98 Å². The molecule has 9 rings (SSSR count). The van der Waals surface area contributed by atoms with Crippen LogP contribution in [0, 0.1) is 0 Å². The normalized spacial score (nSPS) is 17.1. The van der Waals surface area contributed by atoms with Gasteiger partial charge in [-0.2, -0.15) is 4.48 Å². The van der Waals surface area contributed by atoms with Crippen LogP contribution in [-0.2, 0) is 0 Å². The molecule has 5 heterocycles. The number of hydrogen-bond acceptors (Lipinski definition) is 2. The van der Waals surface area contributed by atoms with E-state index in [1.165, 1.54) is 11.1 Å². The molecular weight excluding hydrogens is 620 g/mol. The van der Waals surface area contributed by atoms with E-state index >= 15 is 0 Å². The lowest BCUT2D eigenvalue weighted by Crippen LogP contribution is -3.00. The maximum absolute atomic E-state index is 5.14. The van der Waals surface area contributed by atoms with Gasteiger partial charge in [-0.1, -0.05) is 97.1 Å². The maximum atomic E-state index is 5.14. The zero-order valence-electron chi connectivity index (χ0n) is 26.5. The summed E-state index contributed by atoms with van der Waals surface area (Å²) in [6, 6.07) is 47.6. The van der Waals surface area contributed by atoms with E-state index in [1.807, 2.05) is 18.2 Å². The Hall–Kier alpha value is -6.07. The fourth-order valence-corrected chi connectivity index (χ4v) is 7.17. The van der Waals surface area contributed by atoms with Crippen LogP contribution in [0.1, 0.15) is 11.1 Å². The lowest BCUT2D eigenvalue weighted by molar-refractivity contribution is -0.00000913. The van der Waals surface area contributed by atoms with Crippen molar-refractivity contribution in [2.24, 2.45) is 9.98 Å². The molecule has 5 aromatic rings. The quantitative estimate of drug-likeness (QED) is 0.248. The van der Waals surface area contributed by atoms with Crippen LogP contribution in [0.5, 0.6) is 0 Å². The number of halogens is 1. The second-order valence-electron chi connectivity index (χ2n) is 12.1. The molecule has 4 aromatic carbocycles. The van der Waals surface area contributed by atoms with Crippen LogP contribution in [0.15, 0.2) is 203 Å². The second-order valence-corrected chi connectivity index (χ2v) is 12.1. The van der Waals surface area contributed by atoms with Gasteiger partial charge in [-0.15, -0.1) is 0 Å². The van der Waals surface area contributed by atoms with Gasteiger partial charge in [0.2, 0.25) is 0 Å². The van der Waals surface area contributed by atoms with E-state index in [0.717, 1.165) is 67.4 Å². The Kier molecular flexibility index (Phi) is 7.73. The topological polar surface area (TPSA) is 40.5 Å². The highest BCUT2D eigenvalue weighted by Crippen LogP contribution is 2.57. The molecule has 0 radical (unpaired) electrons. The van der Waals surface area contributed by atoms with Crippen molar-refractivity contribution in [3.63, 3.8) is 0 Å². The fraction of sp³-hybridized carbons (Fsp3) is 0. The summed E-state index contributed by atoms with van der Waals surface area (Å²) in [4.78, 5) is 13.7. The van der Waals surface area contributed by atoms with Gasteiger partial charge in [-0.25, -0.2) is 9.98 Å². The molecule has 8 bridgehead atoms. The molecule has 5 heteroatoms. The van der Waals surface area contributed by atoms with Gasteiger partial charge in [0, 0.05) is 47.1 Å². The van der Waals surface area contributed by atoms with Gasteiger partial charge in [-0.05, 0) is 59.7 Å². The van der Waals surface area contributed by atoms with E-state index in [0.29, 0.717) is 4.48 Å². The van der Waals surface area contributed by atoms with Crippen molar-refractivity contribution in [2.75, 3.05) is 0 Å². The SMILES string of the molecule is C1=CC2=NC1=CC1=C(c3ccccc3)C(c3ccccc3)=C(C=c3ccc([nH]3)=CC3=NC(=C2)C=C3)[N+]1(c1ccccc1)c1ccccc1.[Cl-]. The molecule has 234 valence electrons. The van der Waals surface area contributed by atoms with E-state index < -0.39 is 0 Å². The van der Waals surface area contributed by atoms with E-state index in [1.54, 1.807) is 0 Å². The third-order valence-corrected chi connectivity index (χ3v) is 9.17. The number of aliphatic imine (C=N–C) groups is 2. The average Bonchev–Trinajstić information content (AvgIpc) is 3.94. The minimum absolute atomic E-state index is 0. The third-order valence-electron chi connectivity index (χ3n) is 9.17. The lowest BCUT2D eigenvalue weighted by atomic mass is 9.91. The van der Waals surface area contributed by atoms with Crippen LogP contribution in [0.25, 0.3) is 23.3 Å². The molecule has 0 spiro atoms. The first-order valence-corrected chi connectivity index (χ1v) is 16.2. The number of hydrogen-bond donors (Lipinski definition) is 1. The molecule has 4 aliphatic rings. The number of fused-ring (bicyclic) bond motifs is 6. The van der Waals surface area contributed by atoms with E-state index in [-0.39, 0.29) is 12.4 Å². The molecule has 0 fully saturated rings. The first-order valence-electron chi connectivity index (χ1n) is 16.2. The second kappa shape index (κ2) is 12.5. The Bertz CT molecular complexity index is 2420. The van der Waals surface area contributed by atoms with Crippen LogP contribution < -0.4 is 27.6 Å². The molecule has 0 unspecified atom stereocenters. The minimum atomic E-state index is 0. The fourth-order valence-electron chi connectivity index (χ4n) is 7.17. The number of rotatable bonds is 4. The van der Waals surface area contributed by atoms with Crippen LogP contribution in [-0.4, -0.2) is 16.4 Å². The summed E-state index contributed by atoms with van der Waals surface area (Å²) in [6.07, 6.45) is 17.0. The van der Waals surface area contributed by atoms with Gasteiger partial charge >= 0.3 is 0 Å². The van der Waals surface area contributed by atoms with Gasteiger partial charge in [-0.3, -0.25) is 0 Å². The molecule has 4 nitrogen and oxygen atoms in total. The van der Waals surface area contributed by atoms with Crippen LogP contribution in [0.3, 0.4) is 0 Å². The number of quaternary nitrogens is 1. The summed E-state index contributed by atoms with van der Waals surface area (Å²) in [6.45, 7) is 0. The molecule has 49 heavy (non-hydrogen) atoms. The predicted molar refractivity (Wildman–Crippen MR) is 199 cm³/mol. The highest BCUT2D eigenvalue weighted by atomic mass is 35.5. The highest BCUT2D eigenvalue weighted by molar-refractivity contribution is 6.20. The third kappa shape index (κ3) is 5.24. The standard InChI is InChI=1S/C44H31N4.ClH/c1-5-13-31(14-6-1)43-41-29-37-25-23-35(46-37)27-33-21-22-34(45-33)28-36-24-26-38(47-36)30-42(44(43)32-15-7-2-8-16-32)48(41,39-17-9-3-10-18-39)40-19-11-4-12-20-40;/h1-30,46H;1H/q+1;/p-1. The number of allylic oxidation sites excluding steroid dienone is 9. The molecule has 4 aliphatic heterocycles. The van der Waals surface area contributed by atoms with Gasteiger partial charge in [0.25, 0.3) is 0 Å². The Morgan fingerprint density at radius 2 is 0.837 bits per heavy atom. The zero-order valence-corrected chi connectivity index (χ0v) is 27.3. The average molecular weight is 651 g/mol. The molecule has 1 aromatic heterocycles. The Labute approximate surface area is 291 Å². The smallest absolute Gasteiger partial charge is 0.159 e. The van der Waals surface area contributed by atoms with Crippen molar-refractivity contribution in [3.8, 4) is 0 Å². The minimum Gasteiger partial charge on any atom is -1.00 e. The number of para-hydroxylation sites is 2. The summed E-state index contributed by atoms with van der Waals surface area (Å²) in [5, 5.41) is 2.00. The molecule has 0 atom stereocenters. The van der Waals surface area contributed by atoms with Crippen molar-refractivity contribution < 1.29 is 12.4 Å². The Morgan fingerprint density at radius 1 is 0.408 bits per heavy atom. The number of nitrogens with one attached hydrogen (secondary N) is 1. The van der Waals surface area contributed by atoms with Gasteiger partial charge in [0.1, 0.15) is 11.4 Å². The molecule has 1 N–H and O–H groups in total. The molecular formula is C44H31ClN4. The number of aromatic amines is 1. The molecule has 0 saturated heterocycles. The number of nitrogens with zero attached hydrogens (tertiary/aromatic N) is 3. The summed E-state index contributed by atoms with van der Waals surface area (Å²) < 4.78 is 0.367. The Balaban J connectivity index is 0.00000348. The summed E-state index contributed by atoms with van der Waals surface area (Å²) in [5.41, 5.74) is 12.7. The monoisotopic (exact) mass is 650 g/mol. The van der Waals surface area contributed by atoms with E-state index in [9.17, 15) is 0 Å². The largest absolute Gasteiger partial charge is 1.00 e. The Morgan fingerprint density at radius 3 is 1.37 bits per heavy atom. The first-order chi connectivity index (χ1) is 23.8. The molecule has 0 amide bonds. The van der Waals surface area contributed by atoms with Crippen molar-refractivity contribution in [3.05, 3.63) is 215 Å². The van der Waals surface area contributed by atoms with Crippen molar-refractivity contribution in [1.29, 1.82) is 0 Å². The summed E-state index contributed by atoms with van der Waals surface area (Å²) >= 11 is 0. The van der Waals surface area contributed by atoms with E-state index in [2.05, 4.69) is 169 Å². The van der Waals surface area contributed by atoms with Crippen molar-refractivity contribution >= 4 is 46.1 Å². The van der Waals surface area contributed by atoms with Crippen LogP contribution in [0.2, 0.25) is 0 Å². The van der Waals surface area contributed by atoms with Crippen molar-refractivity contribution in [2.45, 2.75) is 0 Å². The summed E-state index contributed by atoms with van der Waals surface area (Å²) in [5.74, 6) is 0. The van der Waals surface area contributed by atoms with Gasteiger partial charge < -0.3 is 17.4 Å². The van der Waals surface area contributed by atoms with Gasteiger partial charge in [0.15, 0.2) is 11.4 Å². The number of benzene rings is 4. The highest BCUT2D eigenvalue weighted by Gasteiger charge is 2.50. The maximum Gasteiger partial charge on any atom is 0.159 e. The predicted octanol–water partition coefficient (Wildman–Crippen LogP) is 5.56. The number of H-pyrrole nitrogens is 1. The lowest BCUT2D eigenvalue weighted by Gasteiger charge is -2.36. The van der Waals surface area contributed by atoms with Gasteiger partial charge in [0.05, 0.1) is 34.0 Å². The van der Waals surface area contributed by atoms with Crippen LogP contribution >= 0.6 is 0 Å². The molecule has 0 aliphatic carbocycles. The van der Waals surface area contributed by atoms with Crippen molar-refractivity contribution in [1.82, 2.24) is 9.47 Å². The zero-order chi connectivity index (χ0) is 31.9.